The minimum atomic E-state index is -3.60. The van der Waals surface area contributed by atoms with Gasteiger partial charge in [-0.15, -0.1) is 11.3 Å². The second-order valence-corrected chi connectivity index (χ2v) is 7.61. The molecule has 0 aliphatic carbocycles. The van der Waals surface area contributed by atoms with E-state index < -0.39 is 10.0 Å². The van der Waals surface area contributed by atoms with E-state index in [4.69, 9.17) is 4.74 Å². The number of hydrogen-bond donors (Lipinski definition) is 1. The average Bonchev–Trinajstić information content (AvgIpc) is 2.90. The second-order valence-electron chi connectivity index (χ2n) is 3.93. The fourth-order valence-corrected chi connectivity index (χ4v) is 3.84. The zero-order valence-corrected chi connectivity index (χ0v) is 14.0. The van der Waals surface area contributed by atoms with Gasteiger partial charge in [0.15, 0.2) is 0 Å². The molecule has 4 nitrogen and oxygen atoms in total. The topological polar surface area (TPSA) is 55.4 Å². The number of ether oxygens (including phenoxy) is 1. The summed E-state index contributed by atoms with van der Waals surface area (Å²) in [5.74, 6) is 0.348. The van der Waals surface area contributed by atoms with Crippen molar-refractivity contribution in [2.75, 3.05) is 6.61 Å². The highest BCUT2D eigenvalue weighted by Gasteiger charge is 2.19. The van der Waals surface area contributed by atoms with Gasteiger partial charge in [0.1, 0.15) is 10.6 Å². The smallest absolute Gasteiger partial charge is 0.244 e. The van der Waals surface area contributed by atoms with Crippen LogP contribution in [-0.2, 0) is 16.6 Å². The molecule has 1 aromatic heterocycles. The second kappa shape index (κ2) is 6.71. The molecule has 0 aliphatic rings. The maximum Gasteiger partial charge on any atom is 0.244 e. The van der Waals surface area contributed by atoms with Gasteiger partial charge in [-0.3, -0.25) is 0 Å². The Morgan fingerprint density at radius 3 is 2.80 bits per heavy atom. The molecule has 0 spiro atoms. The number of rotatable bonds is 6. The number of nitrogens with one attached hydrogen (secondary N) is 1. The van der Waals surface area contributed by atoms with Gasteiger partial charge in [-0.2, -0.15) is 0 Å². The molecule has 2 aromatic rings. The standard InChI is InChI=1S/C13H14BrNO3S2/c1-2-18-12-8-10(14)5-6-13(12)20(16,17)15-9-11-4-3-7-19-11/h3-8,15H,2,9H2,1H3. The van der Waals surface area contributed by atoms with Gasteiger partial charge in [0, 0.05) is 15.9 Å². The van der Waals surface area contributed by atoms with E-state index in [-0.39, 0.29) is 11.4 Å². The van der Waals surface area contributed by atoms with E-state index in [1.54, 1.807) is 12.1 Å². The average molecular weight is 376 g/mol. The minimum absolute atomic E-state index is 0.152. The van der Waals surface area contributed by atoms with E-state index >= 15 is 0 Å². The Labute approximate surface area is 131 Å². The van der Waals surface area contributed by atoms with E-state index in [0.717, 1.165) is 9.35 Å². The molecule has 0 saturated heterocycles. The summed E-state index contributed by atoms with van der Waals surface area (Å²) >= 11 is 4.82. The number of hydrogen-bond acceptors (Lipinski definition) is 4. The molecule has 0 aliphatic heterocycles. The molecule has 0 radical (unpaired) electrons. The Hall–Kier alpha value is -0.890. The molecule has 7 heteroatoms. The fraction of sp³-hybridized carbons (Fsp3) is 0.231. The molecule has 108 valence electrons. The number of halogens is 1. The van der Waals surface area contributed by atoms with Crippen LogP contribution in [0.3, 0.4) is 0 Å². The molecule has 0 atom stereocenters. The van der Waals surface area contributed by atoms with Crippen LogP contribution in [0.15, 0.2) is 45.1 Å². The molecular weight excluding hydrogens is 362 g/mol. The van der Waals surface area contributed by atoms with Crippen LogP contribution in [0.1, 0.15) is 11.8 Å². The third kappa shape index (κ3) is 3.82. The first-order valence-electron chi connectivity index (χ1n) is 5.97. The predicted octanol–water partition coefficient (Wildman–Crippen LogP) is 3.39. The van der Waals surface area contributed by atoms with Crippen LogP contribution in [0, 0.1) is 0 Å². The molecule has 0 saturated carbocycles. The molecule has 0 bridgehead atoms. The van der Waals surface area contributed by atoms with Crippen LogP contribution >= 0.6 is 27.3 Å². The largest absolute Gasteiger partial charge is 0.492 e. The van der Waals surface area contributed by atoms with Gasteiger partial charge in [-0.05, 0) is 36.6 Å². The van der Waals surface area contributed by atoms with Crippen molar-refractivity contribution in [2.45, 2.75) is 18.4 Å². The van der Waals surface area contributed by atoms with Crippen molar-refractivity contribution < 1.29 is 13.2 Å². The quantitative estimate of drug-likeness (QED) is 0.841. The maximum atomic E-state index is 12.3. The number of thiophene rings is 1. The Morgan fingerprint density at radius 2 is 2.15 bits per heavy atom. The molecular formula is C13H14BrNO3S2. The molecule has 0 amide bonds. The molecule has 0 fully saturated rings. The van der Waals surface area contributed by atoms with Crippen LogP contribution in [0.25, 0.3) is 0 Å². The monoisotopic (exact) mass is 375 g/mol. The van der Waals surface area contributed by atoms with Crippen LogP contribution in [0.4, 0.5) is 0 Å². The Bertz CT molecular complexity index is 669. The molecule has 20 heavy (non-hydrogen) atoms. The third-order valence-electron chi connectivity index (χ3n) is 2.51. The van der Waals surface area contributed by atoms with Gasteiger partial charge >= 0.3 is 0 Å². The highest BCUT2D eigenvalue weighted by molar-refractivity contribution is 9.10. The number of sulfonamides is 1. The summed E-state index contributed by atoms with van der Waals surface area (Å²) < 4.78 is 33.4. The number of benzene rings is 1. The van der Waals surface area contributed by atoms with Crippen LogP contribution < -0.4 is 9.46 Å². The predicted molar refractivity (Wildman–Crippen MR) is 83.7 cm³/mol. The molecule has 1 N–H and O–H groups in total. The van der Waals surface area contributed by atoms with Gasteiger partial charge < -0.3 is 4.74 Å². The van der Waals surface area contributed by atoms with Gasteiger partial charge in [0.05, 0.1) is 6.61 Å². The molecule has 2 rings (SSSR count). The normalized spacial score (nSPS) is 11.5. The highest BCUT2D eigenvalue weighted by Crippen LogP contribution is 2.27. The summed E-state index contributed by atoms with van der Waals surface area (Å²) in [6, 6.07) is 8.65. The van der Waals surface area contributed by atoms with Gasteiger partial charge in [-0.25, -0.2) is 13.1 Å². The zero-order valence-electron chi connectivity index (χ0n) is 10.8. The lowest BCUT2D eigenvalue weighted by Gasteiger charge is -2.12. The fourth-order valence-electron chi connectivity index (χ4n) is 1.63. The van der Waals surface area contributed by atoms with Crippen molar-refractivity contribution >= 4 is 37.3 Å². The van der Waals surface area contributed by atoms with Crippen molar-refractivity contribution in [3.05, 3.63) is 45.1 Å². The highest BCUT2D eigenvalue weighted by atomic mass is 79.9. The van der Waals surface area contributed by atoms with E-state index in [1.165, 1.54) is 17.4 Å². The van der Waals surface area contributed by atoms with E-state index in [9.17, 15) is 8.42 Å². The van der Waals surface area contributed by atoms with Crippen molar-refractivity contribution in [1.29, 1.82) is 0 Å². The van der Waals surface area contributed by atoms with Crippen LogP contribution in [0.2, 0.25) is 0 Å². The van der Waals surface area contributed by atoms with E-state index in [1.807, 2.05) is 24.4 Å². The summed E-state index contributed by atoms with van der Waals surface area (Å²) in [6.07, 6.45) is 0. The first-order valence-corrected chi connectivity index (χ1v) is 9.13. The summed E-state index contributed by atoms with van der Waals surface area (Å²) in [5.41, 5.74) is 0. The Balaban J connectivity index is 2.24. The summed E-state index contributed by atoms with van der Waals surface area (Å²) in [5, 5.41) is 1.91. The van der Waals surface area contributed by atoms with E-state index in [0.29, 0.717) is 12.4 Å². The van der Waals surface area contributed by atoms with Crippen LogP contribution in [0.5, 0.6) is 5.75 Å². The molecule has 1 heterocycles. The van der Waals surface area contributed by atoms with Crippen molar-refractivity contribution in [1.82, 2.24) is 4.72 Å². The summed E-state index contributed by atoms with van der Waals surface area (Å²) in [7, 11) is -3.60. The van der Waals surface area contributed by atoms with Crippen LogP contribution in [-0.4, -0.2) is 15.0 Å². The maximum absolute atomic E-state index is 12.3. The lowest BCUT2D eigenvalue weighted by atomic mass is 10.3. The first kappa shape index (κ1) is 15.5. The van der Waals surface area contributed by atoms with Crippen molar-refractivity contribution in [3.8, 4) is 5.75 Å². The lowest BCUT2D eigenvalue weighted by molar-refractivity contribution is 0.330. The van der Waals surface area contributed by atoms with Gasteiger partial charge in [0.2, 0.25) is 10.0 Å². The first-order chi connectivity index (χ1) is 9.53. The summed E-state index contributed by atoms with van der Waals surface area (Å²) in [4.78, 5) is 1.11. The molecule has 0 unspecified atom stereocenters. The minimum Gasteiger partial charge on any atom is -0.492 e. The van der Waals surface area contributed by atoms with Gasteiger partial charge in [0.25, 0.3) is 0 Å². The van der Waals surface area contributed by atoms with E-state index in [2.05, 4.69) is 20.7 Å². The molecule has 1 aromatic carbocycles. The lowest BCUT2D eigenvalue weighted by Crippen LogP contribution is -2.23. The van der Waals surface area contributed by atoms with Crippen molar-refractivity contribution in [3.63, 3.8) is 0 Å². The Kier molecular flexibility index (Phi) is 5.20. The third-order valence-corrected chi connectivity index (χ3v) is 5.32. The Morgan fingerprint density at radius 1 is 1.35 bits per heavy atom. The van der Waals surface area contributed by atoms with Gasteiger partial charge in [-0.1, -0.05) is 22.0 Å². The zero-order chi connectivity index (χ0) is 14.6. The summed E-state index contributed by atoms with van der Waals surface area (Å²) in [6.45, 7) is 2.50. The van der Waals surface area contributed by atoms with Crippen molar-refractivity contribution in [2.24, 2.45) is 0 Å². The SMILES string of the molecule is CCOc1cc(Br)ccc1S(=O)(=O)NCc1cccs1.